The van der Waals surface area contributed by atoms with Crippen LogP contribution in [0.15, 0.2) is 48.5 Å². The molecule has 29 heavy (non-hydrogen) atoms. The van der Waals surface area contributed by atoms with Crippen LogP contribution in [0.4, 0.5) is 15.8 Å². The van der Waals surface area contributed by atoms with E-state index in [4.69, 9.17) is 16.3 Å². The molecule has 0 radical (unpaired) electrons. The second-order valence-corrected chi connectivity index (χ2v) is 7.13. The van der Waals surface area contributed by atoms with Crippen LogP contribution in [0.3, 0.4) is 0 Å². The molecule has 1 aliphatic heterocycles. The average Bonchev–Trinajstić information content (AvgIpc) is 2.73. The summed E-state index contributed by atoms with van der Waals surface area (Å²) in [4.78, 5) is 26.1. The van der Waals surface area contributed by atoms with Gasteiger partial charge in [-0.2, -0.15) is 0 Å². The molecule has 1 amide bonds. The van der Waals surface area contributed by atoms with Crippen LogP contribution in [0.1, 0.15) is 24.8 Å². The largest absolute Gasteiger partial charge is 0.452 e. The SMILES string of the molecule is O=C(COC(=O)/C=C/c1c(F)cccc1Cl)Nc1ccc(N2CCCCC2)cc1. The van der Waals surface area contributed by atoms with Gasteiger partial charge < -0.3 is 15.0 Å². The molecule has 0 unspecified atom stereocenters. The molecule has 1 heterocycles. The van der Waals surface area contributed by atoms with Gasteiger partial charge in [-0.25, -0.2) is 9.18 Å². The van der Waals surface area contributed by atoms with Gasteiger partial charge in [0.2, 0.25) is 0 Å². The highest BCUT2D eigenvalue weighted by Gasteiger charge is 2.11. The summed E-state index contributed by atoms with van der Waals surface area (Å²) in [6, 6.07) is 11.8. The highest BCUT2D eigenvalue weighted by molar-refractivity contribution is 6.32. The molecule has 2 aromatic carbocycles. The minimum atomic E-state index is -0.764. The highest BCUT2D eigenvalue weighted by atomic mass is 35.5. The molecule has 2 aromatic rings. The Labute approximate surface area is 174 Å². The molecule has 0 bridgehead atoms. The molecule has 5 nitrogen and oxygen atoms in total. The molecule has 0 atom stereocenters. The fourth-order valence-corrected chi connectivity index (χ4v) is 3.34. The first-order valence-electron chi connectivity index (χ1n) is 9.46. The minimum Gasteiger partial charge on any atom is -0.452 e. The lowest BCUT2D eigenvalue weighted by atomic mass is 10.1. The number of nitrogens with one attached hydrogen (secondary N) is 1. The van der Waals surface area contributed by atoms with E-state index in [2.05, 4.69) is 10.2 Å². The Bertz CT molecular complexity index is 873. The average molecular weight is 417 g/mol. The van der Waals surface area contributed by atoms with Crippen LogP contribution in [0.25, 0.3) is 6.08 Å². The third-order valence-electron chi connectivity index (χ3n) is 4.60. The van der Waals surface area contributed by atoms with Crippen molar-refractivity contribution < 1.29 is 18.7 Å². The molecule has 0 spiro atoms. The molecule has 1 saturated heterocycles. The molecular weight excluding hydrogens is 395 g/mol. The molecule has 1 N–H and O–H groups in total. The Morgan fingerprint density at radius 1 is 1.10 bits per heavy atom. The number of nitrogens with zero attached hydrogens (tertiary/aromatic N) is 1. The van der Waals surface area contributed by atoms with E-state index in [-0.39, 0.29) is 10.6 Å². The number of rotatable bonds is 6. The zero-order valence-corrected chi connectivity index (χ0v) is 16.6. The summed E-state index contributed by atoms with van der Waals surface area (Å²) in [7, 11) is 0. The van der Waals surface area contributed by atoms with Crippen LogP contribution in [-0.2, 0) is 14.3 Å². The standard InChI is InChI=1S/C22H22ClFN2O3/c23-19-5-4-6-20(24)18(19)11-12-22(28)29-15-21(27)25-16-7-9-17(10-8-16)26-13-2-1-3-14-26/h4-12H,1-3,13-15H2,(H,25,27)/b12-11+. The van der Waals surface area contributed by atoms with Gasteiger partial charge in [-0.05, 0) is 61.7 Å². The van der Waals surface area contributed by atoms with Crippen LogP contribution in [-0.4, -0.2) is 31.6 Å². The fourth-order valence-electron chi connectivity index (χ4n) is 3.11. The van der Waals surface area contributed by atoms with Crippen molar-refractivity contribution in [1.29, 1.82) is 0 Å². The first-order chi connectivity index (χ1) is 14.0. The Morgan fingerprint density at radius 3 is 2.52 bits per heavy atom. The van der Waals surface area contributed by atoms with E-state index in [1.807, 2.05) is 24.3 Å². The van der Waals surface area contributed by atoms with Crippen molar-refractivity contribution in [2.45, 2.75) is 19.3 Å². The minimum absolute atomic E-state index is 0.0874. The van der Waals surface area contributed by atoms with Gasteiger partial charge in [-0.1, -0.05) is 17.7 Å². The summed E-state index contributed by atoms with van der Waals surface area (Å²) in [6.45, 7) is 1.66. The molecule has 1 fully saturated rings. The van der Waals surface area contributed by atoms with E-state index >= 15 is 0 Å². The second-order valence-electron chi connectivity index (χ2n) is 6.72. The molecule has 0 aliphatic carbocycles. The first-order valence-corrected chi connectivity index (χ1v) is 9.84. The molecule has 0 saturated carbocycles. The van der Waals surface area contributed by atoms with Crippen LogP contribution in [0.5, 0.6) is 0 Å². The van der Waals surface area contributed by atoms with E-state index in [9.17, 15) is 14.0 Å². The quantitative estimate of drug-likeness (QED) is 0.549. The zero-order chi connectivity index (χ0) is 20.6. The van der Waals surface area contributed by atoms with Gasteiger partial charge in [0.15, 0.2) is 6.61 Å². The summed E-state index contributed by atoms with van der Waals surface area (Å²) in [5.74, 6) is -1.77. The van der Waals surface area contributed by atoms with Crippen LogP contribution >= 0.6 is 11.6 Å². The molecule has 0 aromatic heterocycles. The maximum atomic E-state index is 13.6. The van der Waals surface area contributed by atoms with Gasteiger partial charge >= 0.3 is 5.97 Å². The maximum Gasteiger partial charge on any atom is 0.331 e. The Balaban J connectivity index is 1.47. The number of anilines is 2. The predicted octanol–water partition coefficient (Wildman–Crippen LogP) is 4.66. The van der Waals surface area contributed by atoms with Gasteiger partial charge in [0.25, 0.3) is 5.91 Å². The second kappa shape index (κ2) is 10.1. The molecule has 3 rings (SSSR count). The number of halogens is 2. The highest BCUT2D eigenvalue weighted by Crippen LogP contribution is 2.22. The number of esters is 1. The Morgan fingerprint density at radius 2 is 1.83 bits per heavy atom. The molecule has 152 valence electrons. The zero-order valence-electron chi connectivity index (χ0n) is 15.9. The van der Waals surface area contributed by atoms with Crippen molar-refractivity contribution in [1.82, 2.24) is 0 Å². The third kappa shape index (κ3) is 6.06. The number of hydrogen-bond donors (Lipinski definition) is 1. The predicted molar refractivity (Wildman–Crippen MR) is 113 cm³/mol. The summed E-state index contributed by atoms with van der Waals surface area (Å²) in [5, 5.41) is 2.86. The van der Waals surface area contributed by atoms with Gasteiger partial charge in [0.05, 0.1) is 5.02 Å². The lowest BCUT2D eigenvalue weighted by Gasteiger charge is -2.28. The van der Waals surface area contributed by atoms with Crippen LogP contribution < -0.4 is 10.2 Å². The van der Waals surface area contributed by atoms with E-state index in [0.717, 1.165) is 24.9 Å². The fraction of sp³-hybridized carbons (Fsp3) is 0.273. The van der Waals surface area contributed by atoms with E-state index in [1.165, 1.54) is 43.5 Å². The lowest BCUT2D eigenvalue weighted by Crippen LogP contribution is -2.29. The summed E-state index contributed by atoms with van der Waals surface area (Å²) in [6.07, 6.45) is 5.91. The number of carbonyl (C=O) groups excluding carboxylic acids is 2. The number of hydrogen-bond acceptors (Lipinski definition) is 4. The van der Waals surface area contributed by atoms with E-state index in [0.29, 0.717) is 5.69 Å². The number of carbonyl (C=O) groups is 2. The number of ether oxygens (including phenoxy) is 1. The molecule has 1 aliphatic rings. The number of benzene rings is 2. The van der Waals surface area contributed by atoms with Crippen molar-refractivity contribution in [3.05, 3.63) is 64.9 Å². The first kappa shape index (κ1) is 20.9. The van der Waals surface area contributed by atoms with E-state index < -0.39 is 24.3 Å². The number of amides is 1. The molecule has 7 heteroatoms. The summed E-state index contributed by atoms with van der Waals surface area (Å²) >= 11 is 5.88. The van der Waals surface area contributed by atoms with Crippen molar-refractivity contribution >= 4 is 40.9 Å². The van der Waals surface area contributed by atoms with Crippen molar-refractivity contribution in [2.24, 2.45) is 0 Å². The smallest absolute Gasteiger partial charge is 0.331 e. The lowest BCUT2D eigenvalue weighted by molar-refractivity contribution is -0.142. The summed E-state index contributed by atoms with van der Waals surface area (Å²) in [5.41, 5.74) is 1.84. The van der Waals surface area contributed by atoms with Crippen molar-refractivity contribution in [2.75, 3.05) is 29.9 Å². The van der Waals surface area contributed by atoms with Gasteiger partial charge in [-0.3, -0.25) is 4.79 Å². The van der Waals surface area contributed by atoms with Crippen LogP contribution in [0.2, 0.25) is 5.02 Å². The van der Waals surface area contributed by atoms with Gasteiger partial charge in [-0.15, -0.1) is 0 Å². The normalized spacial score (nSPS) is 14.1. The Kier molecular flexibility index (Phi) is 7.25. The monoisotopic (exact) mass is 416 g/mol. The van der Waals surface area contributed by atoms with Crippen molar-refractivity contribution in [3.8, 4) is 0 Å². The van der Waals surface area contributed by atoms with E-state index in [1.54, 1.807) is 0 Å². The topological polar surface area (TPSA) is 58.6 Å². The summed E-state index contributed by atoms with van der Waals surface area (Å²) < 4.78 is 18.5. The van der Waals surface area contributed by atoms with Crippen LogP contribution in [0, 0.1) is 5.82 Å². The van der Waals surface area contributed by atoms with Gasteiger partial charge in [0.1, 0.15) is 5.82 Å². The Hall–Kier alpha value is -2.86. The van der Waals surface area contributed by atoms with Crippen molar-refractivity contribution in [3.63, 3.8) is 0 Å². The van der Waals surface area contributed by atoms with Gasteiger partial charge in [0, 0.05) is 36.1 Å². The number of piperidine rings is 1. The molecular formula is C22H22ClFN2O3. The maximum absolute atomic E-state index is 13.6. The third-order valence-corrected chi connectivity index (χ3v) is 4.93.